The van der Waals surface area contributed by atoms with E-state index in [4.69, 9.17) is 4.52 Å². The van der Waals surface area contributed by atoms with E-state index in [0.29, 0.717) is 29.1 Å². The van der Waals surface area contributed by atoms with Crippen LogP contribution in [0.5, 0.6) is 0 Å². The molecule has 23 heavy (non-hydrogen) atoms. The van der Waals surface area contributed by atoms with Crippen molar-refractivity contribution in [3.05, 3.63) is 41.3 Å². The molecular formula is C15H19N3O4S. The molecule has 0 aliphatic heterocycles. The molecule has 0 atom stereocenters. The van der Waals surface area contributed by atoms with Gasteiger partial charge in [-0.1, -0.05) is 12.1 Å². The van der Waals surface area contributed by atoms with E-state index in [1.807, 2.05) is 0 Å². The van der Waals surface area contributed by atoms with Crippen molar-refractivity contribution in [3.63, 3.8) is 0 Å². The quantitative estimate of drug-likeness (QED) is 0.844. The minimum Gasteiger partial charge on any atom is -0.361 e. The van der Waals surface area contributed by atoms with Crippen molar-refractivity contribution in [2.45, 2.75) is 27.2 Å². The fraction of sp³-hybridized carbons (Fsp3) is 0.333. The molecule has 124 valence electrons. The maximum Gasteiger partial charge on any atom is 0.260 e. The number of amides is 1. The highest BCUT2D eigenvalue weighted by Crippen LogP contribution is 2.22. The summed E-state index contributed by atoms with van der Waals surface area (Å²) in [6.07, 6.45) is 1.90. The van der Waals surface area contributed by atoms with E-state index < -0.39 is 10.0 Å². The second-order valence-electron chi connectivity index (χ2n) is 5.20. The monoisotopic (exact) mass is 337 g/mol. The largest absolute Gasteiger partial charge is 0.361 e. The fourth-order valence-electron chi connectivity index (χ4n) is 2.07. The molecule has 0 saturated heterocycles. The molecule has 0 saturated carbocycles. The summed E-state index contributed by atoms with van der Waals surface area (Å²) >= 11 is 0. The van der Waals surface area contributed by atoms with Crippen molar-refractivity contribution < 1.29 is 17.7 Å². The summed E-state index contributed by atoms with van der Waals surface area (Å²) in [5.41, 5.74) is 2.16. The Balaban J connectivity index is 2.14. The first-order valence-electron chi connectivity index (χ1n) is 7.16. The summed E-state index contributed by atoms with van der Waals surface area (Å²) in [7, 11) is -3.34. The third-order valence-electron chi connectivity index (χ3n) is 3.22. The van der Waals surface area contributed by atoms with Gasteiger partial charge in [0.2, 0.25) is 10.0 Å². The van der Waals surface area contributed by atoms with E-state index >= 15 is 0 Å². The zero-order valence-corrected chi connectivity index (χ0v) is 14.0. The van der Waals surface area contributed by atoms with Gasteiger partial charge in [-0.3, -0.25) is 9.52 Å². The third-order valence-corrected chi connectivity index (χ3v) is 4.71. The van der Waals surface area contributed by atoms with E-state index in [1.54, 1.807) is 39.0 Å². The van der Waals surface area contributed by atoms with E-state index in [2.05, 4.69) is 15.2 Å². The molecule has 0 radical (unpaired) electrons. The normalized spacial score (nSPS) is 11.3. The van der Waals surface area contributed by atoms with E-state index in [9.17, 15) is 13.2 Å². The molecule has 0 bridgehead atoms. The van der Waals surface area contributed by atoms with Crippen molar-refractivity contribution in [1.29, 1.82) is 0 Å². The number of nitrogens with one attached hydrogen (secondary N) is 2. The van der Waals surface area contributed by atoms with Crippen LogP contribution in [0.3, 0.4) is 0 Å². The van der Waals surface area contributed by atoms with Crippen molar-refractivity contribution in [2.75, 3.05) is 15.8 Å². The van der Waals surface area contributed by atoms with Gasteiger partial charge in [0.15, 0.2) is 0 Å². The van der Waals surface area contributed by atoms with Gasteiger partial charge in [-0.05, 0) is 44.0 Å². The summed E-state index contributed by atoms with van der Waals surface area (Å²) in [6.45, 7) is 5.24. The summed E-state index contributed by atoms with van der Waals surface area (Å²) in [4.78, 5) is 12.1. The molecule has 8 heteroatoms. The van der Waals surface area contributed by atoms with Crippen LogP contribution in [0.2, 0.25) is 0 Å². The number of sulfonamides is 1. The van der Waals surface area contributed by atoms with Gasteiger partial charge in [0.05, 0.1) is 11.9 Å². The Kier molecular flexibility index (Phi) is 5.05. The smallest absolute Gasteiger partial charge is 0.260 e. The lowest BCUT2D eigenvalue weighted by Gasteiger charge is -2.11. The molecule has 0 unspecified atom stereocenters. The number of carbonyl (C=O) groups is 1. The Hall–Kier alpha value is -2.35. The maximum absolute atomic E-state index is 12.1. The van der Waals surface area contributed by atoms with Gasteiger partial charge in [0.1, 0.15) is 11.3 Å². The summed E-state index contributed by atoms with van der Waals surface area (Å²) in [5, 5.41) is 6.32. The summed E-state index contributed by atoms with van der Waals surface area (Å²) in [5.74, 6) is 0.173. The van der Waals surface area contributed by atoms with E-state index in [1.165, 1.54) is 6.20 Å². The minimum atomic E-state index is -3.34. The highest BCUT2D eigenvalue weighted by atomic mass is 32.2. The lowest BCUT2D eigenvalue weighted by Crippen LogP contribution is -2.16. The molecule has 1 heterocycles. The SMILES string of the molecule is CCCS(=O)(=O)Nc1ccc(NC(=O)c2cnoc2C)c(C)c1. The van der Waals surface area contributed by atoms with E-state index in [0.717, 1.165) is 5.56 Å². The van der Waals surface area contributed by atoms with Crippen molar-refractivity contribution in [2.24, 2.45) is 0 Å². The lowest BCUT2D eigenvalue weighted by molar-refractivity contribution is 0.102. The molecule has 1 aromatic carbocycles. The second kappa shape index (κ2) is 6.82. The lowest BCUT2D eigenvalue weighted by atomic mass is 10.1. The Morgan fingerprint density at radius 2 is 2.04 bits per heavy atom. The number of aromatic nitrogens is 1. The Morgan fingerprint density at radius 3 is 2.61 bits per heavy atom. The summed E-state index contributed by atoms with van der Waals surface area (Å²) in [6, 6.07) is 4.93. The number of hydrogen-bond donors (Lipinski definition) is 2. The summed E-state index contributed by atoms with van der Waals surface area (Å²) < 4.78 is 30.9. The van der Waals surface area contributed by atoms with Crippen LogP contribution in [0.25, 0.3) is 0 Å². The Morgan fingerprint density at radius 1 is 1.30 bits per heavy atom. The maximum atomic E-state index is 12.1. The first-order chi connectivity index (χ1) is 10.8. The first kappa shape index (κ1) is 17.0. The number of hydrogen-bond acceptors (Lipinski definition) is 5. The van der Waals surface area contributed by atoms with Crippen LogP contribution < -0.4 is 10.0 Å². The molecule has 1 aromatic heterocycles. The Bertz CT molecular complexity index is 812. The van der Waals surface area contributed by atoms with Crippen molar-refractivity contribution >= 4 is 27.3 Å². The molecule has 2 aromatic rings. The van der Waals surface area contributed by atoms with E-state index in [-0.39, 0.29) is 11.7 Å². The first-order valence-corrected chi connectivity index (χ1v) is 8.81. The van der Waals surface area contributed by atoms with Gasteiger partial charge in [-0.25, -0.2) is 8.42 Å². The van der Waals surface area contributed by atoms with Crippen LogP contribution in [-0.4, -0.2) is 25.2 Å². The van der Waals surface area contributed by atoms with Gasteiger partial charge >= 0.3 is 0 Å². The number of nitrogens with zero attached hydrogens (tertiary/aromatic N) is 1. The highest BCUT2D eigenvalue weighted by molar-refractivity contribution is 7.92. The van der Waals surface area contributed by atoms with Crippen LogP contribution in [0, 0.1) is 13.8 Å². The van der Waals surface area contributed by atoms with Gasteiger partial charge < -0.3 is 9.84 Å². The molecule has 0 fully saturated rings. The molecular weight excluding hydrogens is 318 g/mol. The number of rotatable bonds is 6. The second-order valence-corrected chi connectivity index (χ2v) is 7.04. The Labute approximate surface area is 135 Å². The highest BCUT2D eigenvalue weighted by Gasteiger charge is 2.15. The number of carbonyl (C=O) groups excluding carboxylic acids is 1. The van der Waals surface area contributed by atoms with Gasteiger partial charge in [0, 0.05) is 11.4 Å². The number of benzene rings is 1. The molecule has 0 spiro atoms. The average Bonchev–Trinajstić information content (AvgIpc) is 2.87. The molecule has 1 amide bonds. The number of anilines is 2. The predicted octanol–water partition coefficient (Wildman–Crippen LogP) is 2.70. The van der Waals surface area contributed by atoms with Gasteiger partial charge in [0.25, 0.3) is 5.91 Å². The number of aryl methyl sites for hydroxylation is 2. The molecule has 0 aliphatic carbocycles. The van der Waals surface area contributed by atoms with Crippen molar-refractivity contribution in [3.8, 4) is 0 Å². The van der Waals surface area contributed by atoms with Gasteiger partial charge in [-0.15, -0.1) is 0 Å². The zero-order valence-electron chi connectivity index (χ0n) is 13.2. The molecule has 2 rings (SSSR count). The third kappa shape index (κ3) is 4.32. The molecule has 2 N–H and O–H groups in total. The van der Waals surface area contributed by atoms with Gasteiger partial charge in [-0.2, -0.15) is 0 Å². The average molecular weight is 337 g/mol. The van der Waals surface area contributed by atoms with Crippen LogP contribution >= 0.6 is 0 Å². The van der Waals surface area contributed by atoms with Crippen LogP contribution in [0.4, 0.5) is 11.4 Å². The zero-order chi connectivity index (χ0) is 17.0. The van der Waals surface area contributed by atoms with Crippen LogP contribution in [0.1, 0.15) is 35.0 Å². The topological polar surface area (TPSA) is 101 Å². The fourth-order valence-corrected chi connectivity index (χ4v) is 3.20. The minimum absolute atomic E-state index is 0.0668. The van der Waals surface area contributed by atoms with Crippen LogP contribution in [-0.2, 0) is 10.0 Å². The predicted molar refractivity (Wildman–Crippen MR) is 88.1 cm³/mol. The molecule has 7 nitrogen and oxygen atoms in total. The standard InChI is InChI=1S/C15H19N3O4S/c1-4-7-23(20,21)18-12-5-6-14(10(2)8-12)17-15(19)13-9-16-22-11(13)3/h5-6,8-9,18H,4,7H2,1-3H3,(H,17,19). The van der Waals surface area contributed by atoms with Crippen molar-refractivity contribution in [1.82, 2.24) is 5.16 Å². The molecule has 0 aliphatic rings. The van der Waals surface area contributed by atoms with Crippen LogP contribution in [0.15, 0.2) is 28.9 Å².